The molecule has 0 radical (unpaired) electrons. The second-order valence-electron chi connectivity index (χ2n) is 5.62. The van der Waals surface area contributed by atoms with Crippen molar-refractivity contribution in [2.75, 3.05) is 19.6 Å². The topological polar surface area (TPSA) is 45.2 Å². The Hall–Kier alpha value is -1.43. The van der Waals surface area contributed by atoms with E-state index in [1.54, 1.807) is 0 Å². The van der Waals surface area contributed by atoms with Gasteiger partial charge < -0.3 is 10.2 Å². The molecular formula is C17H20ClN3OS. The molecule has 1 aliphatic heterocycles. The summed E-state index contributed by atoms with van der Waals surface area (Å²) in [6, 6.07) is 7.70. The van der Waals surface area contributed by atoms with Crippen LogP contribution in [0.5, 0.6) is 0 Å². The number of hydrogen-bond acceptors (Lipinski definition) is 4. The predicted octanol–water partition coefficient (Wildman–Crippen LogP) is 3.45. The molecule has 1 unspecified atom stereocenters. The standard InChI is InChI=1S/C17H20ClN3OS/c1-3-15-20-11(2)16(23-15)17(22)21-9-8-19-10-14(21)12-6-4-5-7-13(12)18/h4-7,14,19H,3,8-10H2,1-2H3. The number of piperazine rings is 1. The maximum absolute atomic E-state index is 13.1. The Bertz CT molecular complexity index is 716. The van der Waals surface area contributed by atoms with Crippen molar-refractivity contribution in [1.29, 1.82) is 0 Å². The highest BCUT2D eigenvalue weighted by molar-refractivity contribution is 7.13. The molecule has 1 aliphatic rings. The SMILES string of the molecule is CCc1nc(C)c(C(=O)N2CCNCC2c2ccccc2Cl)s1. The summed E-state index contributed by atoms with van der Waals surface area (Å²) in [7, 11) is 0. The van der Waals surface area contributed by atoms with Gasteiger partial charge in [0.25, 0.3) is 5.91 Å². The van der Waals surface area contributed by atoms with Crippen LogP contribution >= 0.6 is 22.9 Å². The highest BCUT2D eigenvalue weighted by Crippen LogP contribution is 2.31. The van der Waals surface area contributed by atoms with Gasteiger partial charge >= 0.3 is 0 Å². The van der Waals surface area contributed by atoms with E-state index in [4.69, 9.17) is 11.6 Å². The quantitative estimate of drug-likeness (QED) is 0.923. The monoisotopic (exact) mass is 349 g/mol. The van der Waals surface area contributed by atoms with Gasteiger partial charge in [-0.3, -0.25) is 4.79 Å². The zero-order valence-electron chi connectivity index (χ0n) is 13.3. The minimum Gasteiger partial charge on any atom is -0.328 e. The van der Waals surface area contributed by atoms with Gasteiger partial charge in [-0.2, -0.15) is 0 Å². The van der Waals surface area contributed by atoms with Gasteiger partial charge in [-0.15, -0.1) is 11.3 Å². The Morgan fingerprint density at radius 3 is 2.96 bits per heavy atom. The van der Waals surface area contributed by atoms with E-state index < -0.39 is 0 Å². The first-order valence-corrected chi connectivity index (χ1v) is 9.03. The second-order valence-corrected chi connectivity index (χ2v) is 7.11. The van der Waals surface area contributed by atoms with E-state index in [2.05, 4.69) is 17.2 Å². The summed E-state index contributed by atoms with van der Waals surface area (Å²) in [5.74, 6) is 0.0612. The number of aromatic nitrogens is 1. The summed E-state index contributed by atoms with van der Waals surface area (Å²) in [5.41, 5.74) is 1.82. The van der Waals surface area contributed by atoms with Crippen molar-refractivity contribution in [1.82, 2.24) is 15.2 Å². The molecule has 1 aromatic heterocycles. The summed E-state index contributed by atoms with van der Waals surface area (Å²) in [5, 5.41) is 5.08. The normalized spacial score (nSPS) is 18.2. The third-order valence-corrected chi connectivity index (χ3v) is 5.74. The Labute approximate surface area is 145 Å². The molecular weight excluding hydrogens is 330 g/mol. The molecule has 3 rings (SSSR count). The molecule has 1 fully saturated rings. The van der Waals surface area contributed by atoms with Crippen molar-refractivity contribution in [2.45, 2.75) is 26.3 Å². The van der Waals surface area contributed by atoms with Crippen LogP contribution in [0.2, 0.25) is 5.02 Å². The molecule has 1 atom stereocenters. The van der Waals surface area contributed by atoms with Crippen LogP contribution < -0.4 is 5.32 Å². The molecule has 122 valence electrons. The van der Waals surface area contributed by atoms with Gasteiger partial charge in [0.1, 0.15) is 4.88 Å². The third-order valence-electron chi connectivity index (χ3n) is 4.11. The molecule has 0 aliphatic carbocycles. The lowest BCUT2D eigenvalue weighted by molar-refractivity contribution is 0.0638. The molecule has 2 aromatic rings. The minimum absolute atomic E-state index is 0.0449. The molecule has 1 N–H and O–H groups in total. The van der Waals surface area contributed by atoms with Gasteiger partial charge in [-0.1, -0.05) is 36.7 Å². The Morgan fingerprint density at radius 1 is 1.48 bits per heavy atom. The van der Waals surface area contributed by atoms with Crippen molar-refractivity contribution >= 4 is 28.8 Å². The number of carbonyl (C=O) groups is 1. The van der Waals surface area contributed by atoms with Gasteiger partial charge in [-0.25, -0.2) is 4.98 Å². The Kier molecular flexibility index (Phi) is 4.99. The number of thiazole rings is 1. The van der Waals surface area contributed by atoms with Crippen molar-refractivity contribution in [3.8, 4) is 0 Å². The van der Waals surface area contributed by atoms with E-state index >= 15 is 0 Å². The number of benzene rings is 1. The van der Waals surface area contributed by atoms with Crippen LogP contribution in [0, 0.1) is 6.92 Å². The van der Waals surface area contributed by atoms with Gasteiger partial charge in [0, 0.05) is 24.7 Å². The van der Waals surface area contributed by atoms with Gasteiger partial charge in [0.15, 0.2) is 0 Å². The van der Waals surface area contributed by atoms with E-state index in [-0.39, 0.29) is 11.9 Å². The van der Waals surface area contributed by atoms with Crippen LogP contribution in [-0.2, 0) is 6.42 Å². The number of amides is 1. The lowest BCUT2D eigenvalue weighted by Crippen LogP contribution is -2.48. The zero-order chi connectivity index (χ0) is 16.4. The number of nitrogens with one attached hydrogen (secondary N) is 1. The molecule has 0 spiro atoms. The summed E-state index contributed by atoms with van der Waals surface area (Å²) in [6.45, 7) is 6.16. The van der Waals surface area contributed by atoms with Gasteiger partial charge in [0.2, 0.25) is 0 Å². The second kappa shape index (κ2) is 6.99. The van der Waals surface area contributed by atoms with Crippen LogP contribution in [0.15, 0.2) is 24.3 Å². The van der Waals surface area contributed by atoms with E-state index in [1.807, 2.05) is 36.1 Å². The van der Waals surface area contributed by atoms with Crippen LogP contribution in [0.25, 0.3) is 0 Å². The minimum atomic E-state index is -0.0449. The highest BCUT2D eigenvalue weighted by atomic mass is 35.5. The van der Waals surface area contributed by atoms with Crippen molar-refractivity contribution in [3.05, 3.63) is 50.4 Å². The number of carbonyl (C=O) groups excluding carboxylic acids is 1. The molecule has 1 saturated heterocycles. The lowest BCUT2D eigenvalue weighted by atomic mass is 10.0. The van der Waals surface area contributed by atoms with E-state index in [1.165, 1.54) is 11.3 Å². The van der Waals surface area contributed by atoms with E-state index in [9.17, 15) is 4.79 Å². The first-order valence-electron chi connectivity index (χ1n) is 7.84. The number of hydrogen-bond donors (Lipinski definition) is 1. The fraction of sp³-hybridized carbons (Fsp3) is 0.412. The Balaban J connectivity index is 1.93. The van der Waals surface area contributed by atoms with Crippen molar-refractivity contribution in [3.63, 3.8) is 0 Å². The Morgan fingerprint density at radius 2 is 2.26 bits per heavy atom. The average Bonchev–Trinajstić information content (AvgIpc) is 2.96. The molecule has 6 heteroatoms. The maximum Gasteiger partial charge on any atom is 0.266 e. The number of halogens is 1. The molecule has 23 heavy (non-hydrogen) atoms. The van der Waals surface area contributed by atoms with Gasteiger partial charge in [0.05, 0.1) is 16.7 Å². The van der Waals surface area contributed by atoms with Crippen molar-refractivity contribution < 1.29 is 4.79 Å². The fourth-order valence-corrected chi connectivity index (χ4v) is 4.13. The lowest BCUT2D eigenvalue weighted by Gasteiger charge is -2.36. The highest BCUT2D eigenvalue weighted by Gasteiger charge is 2.31. The van der Waals surface area contributed by atoms with E-state index in [0.717, 1.165) is 34.1 Å². The summed E-state index contributed by atoms with van der Waals surface area (Å²) >= 11 is 7.86. The van der Waals surface area contributed by atoms with Crippen molar-refractivity contribution in [2.24, 2.45) is 0 Å². The molecule has 1 aromatic carbocycles. The molecule has 2 heterocycles. The van der Waals surface area contributed by atoms with Crippen LogP contribution in [0.4, 0.5) is 0 Å². The first-order chi connectivity index (χ1) is 11.1. The fourth-order valence-electron chi connectivity index (χ4n) is 2.90. The average molecular weight is 350 g/mol. The summed E-state index contributed by atoms with van der Waals surface area (Å²) in [6.07, 6.45) is 0.855. The van der Waals surface area contributed by atoms with Gasteiger partial charge in [-0.05, 0) is 25.0 Å². The molecule has 4 nitrogen and oxygen atoms in total. The molecule has 0 bridgehead atoms. The summed E-state index contributed by atoms with van der Waals surface area (Å²) in [4.78, 5) is 20.2. The zero-order valence-corrected chi connectivity index (χ0v) is 14.9. The maximum atomic E-state index is 13.1. The van der Waals surface area contributed by atoms with Crippen LogP contribution in [0.1, 0.15) is 38.9 Å². The first kappa shape index (κ1) is 16.4. The van der Waals surface area contributed by atoms with Crippen LogP contribution in [0.3, 0.4) is 0 Å². The summed E-state index contributed by atoms with van der Waals surface area (Å²) < 4.78 is 0. The molecule has 0 saturated carbocycles. The van der Waals surface area contributed by atoms with E-state index in [0.29, 0.717) is 18.1 Å². The number of aryl methyl sites for hydroxylation is 2. The third kappa shape index (κ3) is 3.27. The predicted molar refractivity (Wildman–Crippen MR) is 94.3 cm³/mol. The number of nitrogens with zero attached hydrogens (tertiary/aromatic N) is 2. The number of rotatable bonds is 3. The molecule has 1 amide bonds. The smallest absolute Gasteiger partial charge is 0.266 e. The van der Waals surface area contributed by atoms with Crippen LogP contribution in [-0.4, -0.2) is 35.4 Å². The largest absolute Gasteiger partial charge is 0.328 e.